The highest BCUT2D eigenvalue weighted by Crippen LogP contribution is 2.35. The lowest BCUT2D eigenvalue weighted by Crippen LogP contribution is -2.61. The van der Waals surface area contributed by atoms with Crippen LogP contribution >= 0.6 is 0 Å². The number of halogens is 4. The molecule has 0 amide bonds. The summed E-state index contributed by atoms with van der Waals surface area (Å²) in [7, 11) is -5.50. The topological polar surface area (TPSA) is 66.4 Å². The van der Waals surface area contributed by atoms with Gasteiger partial charge in [-0.2, -0.15) is 0 Å². The minimum atomic E-state index is -5.50. The average Bonchev–Trinajstić information content (AvgIpc) is 2.65. The first-order valence-electron chi connectivity index (χ1n) is 10.8. The molecule has 9 heteroatoms. The van der Waals surface area contributed by atoms with Gasteiger partial charge in [0.2, 0.25) is 0 Å². The van der Waals surface area contributed by atoms with Crippen molar-refractivity contribution in [1.29, 1.82) is 0 Å². The molecule has 1 fully saturated rings. The molecule has 29 heavy (non-hydrogen) atoms. The minimum Gasteiger partial charge on any atom is -0.748 e. The Hall–Kier alpha value is -0.410. The molecule has 4 unspecified atom stereocenters. The van der Waals surface area contributed by atoms with Gasteiger partial charge in [-0.15, -0.1) is 0 Å². The van der Waals surface area contributed by atoms with Gasteiger partial charge in [0.15, 0.2) is 24.7 Å². The second-order valence-corrected chi connectivity index (χ2v) is 9.49. The third-order valence-corrected chi connectivity index (χ3v) is 6.69. The van der Waals surface area contributed by atoms with E-state index in [4.69, 9.17) is 4.74 Å². The second kappa shape index (κ2) is 13.8. The van der Waals surface area contributed by atoms with Crippen molar-refractivity contribution in [2.45, 2.75) is 120 Å². The van der Waals surface area contributed by atoms with E-state index in [2.05, 4.69) is 6.92 Å². The van der Waals surface area contributed by atoms with Gasteiger partial charge in [0.05, 0.1) is 0 Å². The van der Waals surface area contributed by atoms with E-state index in [-0.39, 0.29) is 6.61 Å². The summed E-state index contributed by atoms with van der Waals surface area (Å²) in [5, 5.41) is -2.88. The predicted octanol–water partition coefficient (Wildman–Crippen LogP) is 5.35. The van der Waals surface area contributed by atoms with Crippen LogP contribution < -0.4 is 0 Å². The maximum absolute atomic E-state index is 14.0. The van der Waals surface area contributed by atoms with Crippen molar-refractivity contribution in [3.8, 4) is 0 Å². The monoisotopic (exact) mass is 447 g/mol. The average molecular weight is 448 g/mol. The predicted molar refractivity (Wildman–Crippen MR) is 104 cm³/mol. The molecule has 0 heterocycles. The van der Waals surface area contributed by atoms with Crippen LogP contribution in [0.25, 0.3) is 0 Å². The smallest absolute Gasteiger partial charge is 0.161 e. The van der Waals surface area contributed by atoms with Crippen LogP contribution in [0.15, 0.2) is 0 Å². The molecule has 0 saturated heterocycles. The van der Waals surface area contributed by atoms with Gasteiger partial charge in [0, 0.05) is 6.61 Å². The number of hydrogen-bond acceptors (Lipinski definition) is 4. The van der Waals surface area contributed by atoms with Crippen LogP contribution in [0, 0.1) is 0 Å². The van der Waals surface area contributed by atoms with Crippen molar-refractivity contribution in [3.05, 3.63) is 0 Å². The van der Waals surface area contributed by atoms with E-state index in [1.54, 1.807) is 0 Å². The molecule has 0 aromatic rings. The molecule has 0 radical (unpaired) electrons. The van der Waals surface area contributed by atoms with Crippen LogP contribution in [0.2, 0.25) is 0 Å². The van der Waals surface area contributed by atoms with Crippen LogP contribution in [0.1, 0.15) is 84.0 Å². The highest BCUT2D eigenvalue weighted by Gasteiger charge is 2.56. The summed E-state index contributed by atoms with van der Waals surface area (Å²) >= 11 is 0. The van der Waals surface area contributed by atoms with Crippen LogP contribution in [0.4, 0.5) is 17.6 Å². The quantitative estimate of drug-likeness (QED) is 0.193. The summed E-state index contributed by atoms with van der Waals surface area (Å²) in [6.45, 7) is 2.12. The standard InChI is InChI=1S/C20H36F4O4S/c1-2-3-4-5-6-7-8-9-10-11-12-13-14-28-19-15(21)17(23)20(29(25,26)27)18(24)16(19)22/h15-20H,2-14H2,1H3,(H,25,26,27)/p-1. The first kappa shape index (κ1) is 26.6. The van der Waals surface area contributed by atoms with Gasteiger partial charge < -0.3 is 9.29 Å². The normalized spacial score (nSPS) is 30.6. The van der Waals surface area contributed by atoms with Crippen LogP contribution in [-0.4, -0.2) is 55.6 Å². The van der Waals surface area contributed by atoms with Crippen LogP contribution in [0.3, 0.4) is 0 Å². The van der Waals surface area contributed by atoms with Crippen LogP contribution in [-0.2, 0) is 14.9 Å². The lowest BCUT2D eigenvalue weighted by Gasteiger charge is -2.40. The van der Waals surface area contributed by atoms with Gasteiger partial charge in [0.25, 0.3) is 0 Å². The number of ether oxygens (including phenoxy) is 1. The Labute approximate surface area is 172 Å². The van der Waals surface area contributed by atoms with Crippen molar-refractivity contribution >= 4 is 10.1 Å². The zero-order chi connectivity index (χ0) is 21.9. The Balaban J connectivity index is 2.15. The highest BCUT2D eigenvalue weighted by atomic mass is 32.2. The van der Waals surface area contributed by atoms with Gasteiger partial charge in [-0.05, 0) is 6.42 Å². The van der Waals surface area contributed by atoms with Crippen molar-refractivity contribution in [2.24, 2.45) is 0 Å². The summed E-state index contributed by atoms with van der Waals surface area (Å²) < 4.78 is 93.2. The lowest BCUT2D eigenvalue weighted by atomic mass is 9.90. The summed E-state index contributed by atoms with van der Waals surface area (Å²) in [5.41, 5.74) is 0. The zero-order valence-corrected chi connectivity index (χ0v) is 18.0. The van der Waals surface area contributed by atoms with E-state index in [9.17, 15) is 30.5 Å². The highest BCUT2D eigenvalue weighted by molar-refractivity contribution is 7.86. The summed E-state index contributed by atoms with van der Waals surface area (Å²) in [4.78, 5) is 0. The lowest BCUT2D eigenvalue weighted by molar-refractivity contribution is -0.119. The Kier molecular flexibility index (Phi) is 12.7. The number of hydrogen-bond donors (Lipinski definition) is 0. The molecule has 1 aliphatic rings. The SMILES string of the molecule is CCCCCCCCCCCCCCOC1C(F)C(F)C(S(=O)(=O)[O-])C(F)C1F. The molecule has 0 aliphatic heterocycles. The van der Waals surface area contributed by atoms with Crippen molar-refractivity contribution in [3.63, 3.8) is 0 Å². The maximum Gasteiger partial charge on any atom is 0.161 e. The van der Waals surface area contributed by atoms with Gasteiger partial charge in [-0.25, -0.2) is 26.0 Å². The number of unbranched alkanes of at least 4 members (excludes halogenated alkanes) is 11. The molecule has 0 N–H and O–H groups in total. The van der Waals surface area contributed by atoms with E-state index in [0.29, 0.717) is 6.42 Å². The van der Waals surface area contributed by atoms with Gasteiger partial charge in [0.1, 0.15) is 21.5 Å². The molecular formula is C20H35F4O4S-. The molecule has 4 nitrogen and oxygen atoms in total. The number of alkyl halides is 4. The van der Waals surface area contributed by atoms with E-state index >= 15 is 0 Å². The molecule has 0 aromatic heterocycles. The fourth-order valence-electron chi connectivity index (χ4n) is 3.74. The Morgan fingerprint density at radius 3 is 1.45 bits per heavy atom. The summed E-state index contributed by atoms with van der Waals surface area (Å²) in [5.74, 6) is 0. The summed E-state index contributed by atoms with van der Waals surface area (Å²) in [6.07, 6.45) is -0.0804. The maximum atomic E-state index is 14.0. The van der Waals surface area contributed by atoms with E-state index in [0.717, 1.165) is 25.7 Å². The molecule has 1 rings (SSSR count). The van der Waals surface area contributed by atoms with E-state index < -0.39 is 46.2 Å². The molecule has 0 spiro atoms. The minimum absolute atomic E-state index is 0.0723. The number of rotatable bonds is 15. The van der Waals surface area contributed by atoms with E-state index in [1.807, 2.05) is 0 Å². The molecule has 0 aromatic carbocycles. The third kappa shape index (κ3) is 9.09. The van der Waals surface area contributed by atoms with Gasteiger partial charge >= 0.3 is 0 Å². The first-order chi connectivity index (χ1) is 13.7. The molecule has 4 atom stereocenters. The van der Waals surface area contributed by atoms with Crippen LogP contribution in [0.5, 0.6) is 0 Å². The molecular weight excluding hydrogens is 412 g/mol. The molecule has 1 saturated carbocycles. The Morgan fingerprint density at radius 2 is 1.07 bits per heavy atom. The van der Waals surface area contributed by atoms with Gasteiger partial charge in [-0.1, -0.05) is 77.6 Å². The van der Waals surface area contributed by atoms with Gasteiger partial charge in [-0.3, -0.25) is 0 Å². The largest absolute Gasteiger partial charge is 0.748 e. The Morgan fingerprint density at radius 1 is 0.690 bits per heavy atom. The molecule has 174 valence electrons. The molecule has 0 bridgehead atoms. The first-order valence-corrected chi connectivity index (χ1v) is 12.3. The summed E-state index contributed by atoms with van der Waals surface area (Å²) in [6, 6.07) is 0. The fourth-order valence-corrected chi connectivity index (χ4v) is 4.68. The fraction of sp³-hybridized carbons (Fsp3) is 1.00. The second-order valence-electron chi connectivity index (χ2n) is 7.96. The third-order valence-electron chi connectivity index (χ3n) is 5.51. The molecule has 1 aliphatic carbocycles. The zero-order valence-electron chi connectivity index (χ0n) is 17.2. The van der Waals surface area contributed by atoms with Crippen molar-refractivity contribution in [1.82, 2.24) is 0 Å². The van der Waals surface area contributed by atoms with Crippen molar-refractivity contribution in [2.75, 3.05) is 6.61 Å². The van der Waals surface area contributed by atoms with Crippen molar-refractivity contribution < 1.29 is 35.3 Å². The van der Waals surface area contributed by atoms with E-state index in [1.165, 1.54) is 44.9 Å². The Bertz CT molecular complexity index is 519.